The molecule has 0 aromatic heterocycles. The first kappa shape index (κ1) is 47.3. The van der Waals surface area contributed by atoms with Crippen molar-refractivity contribution in [2.24, 2.45) is 5.73 Å². The number of anilines is 1. The van der Waals surface area contributed by atoms with Crippen LogP contribution in [0.25, 0.3) is 0 Å². The Morgan fingerprint density at radius 1 is 0.898 bits per heavy atom. The monoisotopic (exact) mass is 822 g/mol. The third kappa shape index (κ3) is 15.7. The number of primary amides is 1. The van der Waals surface area contributed by atoms with Crippen LogP contribution >= 0.6 is 0 Å². The van der Waals surface area contributed by atoms with Crippen LogP contribution in [0, 0.1) is 6.92 Å². The van der Waals surface area contributed by atoms with Crippen molar-refractivity contribution in [2.45, 2.75) is 76.5 Å². The Bertz CT molecular complexity index is 1750. The summed E-state index contributed by atoms with van der Waals surface area (Å²) < 4.78 is 10.6. The quantitative estimate of drug-likeness (QED) is 0.275. The van der Waals surface area contributed by atoms with Gasteiger partial charge in [-0.05, 0) is 65.8 Å². The summed E-state index contributed by atoms with van der Waals surface area (Å²) in [7, 11) is 4.92. The summed E-state index contributed by atoms with van der Waals surface area (Å²) in [6, 6.07) is 15.2. The molecule has 59 heavy (non-hydrogen) atoms. The first-order valence-electron chi connectivity index (χ1n) is 19.6. The number of amides is 7. The topological polar surface area (TPSA) is 230 Å². The highest BCUT2D eigenvalue weighted by molar-refractivity contribution is 5.95. The van der Waals surface area contributed by atoms with Crippen LogP contribution < -0.4 is 21.7 Å². The number of esters is 2. The van der Waals surface area contributed by atoms with Gasteiger partial charge in [0.05, 0.1) is 26.1 Å². The number of ether oxygens (including phenoxy) is 2. The normalized spacial score (nSPS) is 21.1. The van der Waals surface area contributed by atoms with E-state index in [2.05, 4.69) is 35.0 Å². The van der Waals surface area contributed by atoms with Gasteiger partial charge in [-0.25, -0.2) is 9.59 Å². The molecule has 18 nitrogen and oxygen atoms in total. The average Bonchev–Trinajstić information content (AvgIpc) is 3.90. The van der Waals surface area contributed by atoms with Crippen molar-refractivity contribution in [1.82, 2.24) is 30.2 Å². The fraction of sp³-hybridized carbons (Fsp3) is 0.512. The van der Waals surface area contributed by atoms with Crippen LogP contribution in [0.5, 0.6) is 0 Å². The second kappa shape index (κ2) is 24.0. The van der Waals surface area contributed by atoms with Crippen LogP contribution in [0.4, 0.5) is 10.5 Å². The van der Waals surface area contributed by atoms with Crippen molar-refractivity contribution in [3.8, 4) is 0 Å². The van der Waals surface area contributed by atoms with E-state index < -0.39 is 65.8 Å². The highest BCUT2D eigenvalue weighted by atomic mass is 16.5. The number of hydrogen-bond donors (Lipinski definition) is 4. The molecule has 0 spiro atoms. The summed E-state index contributed by atoms with van der Waals surface area (Å²) in [5.74, 6) is -3.40. The Balaban J connectivity index is 0.000000358. The molecule has 4 atom stereocenters. The Hall–Kier alpha value is -6.04. The molecule has 2 aromatic carbocycles. The van der Waals surface area contributed by atoms with Crippen molar-refractivity contribution in [1.29, 1.82) is 0 Å². The van der Waals surface area contributed by atoms with E-state index in [0.29, 0.717) is 44.5 Å². The van der Waals surface area contributed by atoms with Gasteiger partial charge in [0.25, 0.3) is 0 Å². The van der Waals surface area contributed by atoms with Crippen LogP contribution in [-0.2, 0) is 43.0 Å². The summed E-state index contributed by atoms with van der Waals surface area (Å²) in [5, 5.41) is 7.52. The minimum absolute atomic E-state index is 0.00742. The average molecular weight is 823 g/mol. The van der Waals surface area contributed by atoms with Gasteiger partial charge in [0.2, 0.25) is 29.5 Å². The van der Waals surface area contributed by atoms with Crippen LogP contribution in [0.3, 0.4) is 0 Å². The molecule has 5 rings (SSSR count). The second-order valence-corrected chi connectivity index (χ2v) is 14.6. The molecule has 0 saturated carbocycles. The maximum atomic E-state index is 13.5. The van der Waals surface area contributed by atoms with Crippen LogP contribution in [-0.4, -0.2) is 152 Å². The predicted molar refractivity (Wildman–Crippen MR) is 217 cm³/mol. The van der Waals surface area contributed by atoms with Crippen molar-refractivity contribution in [2.75, 3.05) is 65.9 Å². The zero-order valence-corrected chi connectivity index (χ0v) is 34.5. The third-order valence-corrected chi connectivity index (χ3v) is 9.57. The first-order chi connectivity index (χ1) is 28.1. The summed E-state index contributed by atoms with van der Waals surface area (Å²) in [5.41, 5.74) is 6.84. The number of carbonyl (C=O) groups excluding carboxylic acids is 8. The van der Waals surface area contributed by atoms with E-state index in [9.17, 15) is 38.4 Å². The molecule has 0 radical (unpaired) electrons. The molecule has 3 saturated heterocycles. The Morgan fingerprint density at radius 3 is 2.10 bits per heavy atom. The van der Waals surface area contributed by atoms with E-state index in [1.165, 1.54) is 34.2 Å². The highest BCUT2D eigenvalue weighted by Gasteiger charge is 2.41. The smallest absolute Gasteiger partial charge is 0.328 e. The molecule has 4 unspecified atom stereocenters. The zero-order valence-electron chi connectivity index (χ0n) is 34.5. The van der Waals surface area contributed by atoms with Gasteiger partial charge >= 0.3 is 18.0 Å². The molecule has 2 aromatic rings. The maximum Gasteiger partial charge on any atom is 0.328 e. The van der Waals surface area contributed by atoms with Crippen molar-refractivity contribution < 1.29 is 47.8 Å². The lowest BCUT2D eigenvalue weighted by atomic mass is 10.1. The molecule has 3 fully saturated rings. The van der Waals surface area contributed by atoms with E-state index in [1.54, 1.807) is 43.3 Å². The standard InChI is InChI=1S/C25H39N5O8.C9H11N3O2.C7H8/c1-16-23(34)30-12-6-8-19(30)25(36)38-14-10-20(31)29-11-5-7-18(29)24(35)28(4)17(22(33)26-16)9-13-37-21(32)15-27(2)3;10-8(13)6-11-9(14)12-7-4-2-1-3-5-7;1-7-5-3-2-4-6-7/h16-19H,5-15H2,1-4H3,(H,26,33);1-5H,6H2,(H2,10,13)(H2,11,12,14);2-6H,1H3. The Morgan fingerprint density at radius 2 is 1.51 bits per heavy atom. The number of nitrogens with zero attached hydrogens (tertiary/aromatic N) is 4. The van der Waals surface area contributed by atoms with Gasteiger partial charge in [-0.3, -0.25) is 33.7 Å². The number of likely N-dealkylation sites (N-methyl/N-ethyl adjacent to an activating group) is 2. The van der Waals surface area contributed by atoms with E-state index in [-0.39, 0.29) is 45.1 Å². The number of fused-ring (bicyclic) bond motifs is 2. The largest absolute Gasteiger partial charge is 0.465 e. The lowest BCUT2D eigenvalue weighted by Crippen LogP contribution is -2.57. The van der Waals surface area contributed by atoms with Crippen molar-refractivity contribution in [3.05, 3.63) is 66.2 Å². The number of nitrogens with two attached hydrogens (primary N) is 1. The number of benzene rings is 2. The Kier molecular flexibility index (Phi) is 19.3. The fourth-order valence-electron chi connectivity index (χ4n) is 6.57. The van der Waals surface area contributed by atoms with Gasteiger partial charge in [0, 0.05) is 32.2 Å². The SMILES string of the molecule is CC1NC(=O)C(CCOC(=O)CN(C)C)N(C)C(=O)C2CCCN2C(=O)CCOC(=O)C2CCCN2C1=O.Cc1ccccc1.NC(=O)CNC(=O)Nc1ccccc1. The van der Waals surface area contributed by atoms with Gasteiger partial charge in [0.1, 0.15) is 30.8 Å². The number of para-hydroxylation sites is 1. The van der Waals surface area contributed by atoms with Crippen LogP contribution in [0.15, 0.2) is 60.7 Å². The number of rotatable bonds is 8. The summed E-state index contributed by atoms with van der Waals surface area (Å²) in [6.07, 6.45) is 2.03. The predicted octanol–water partition coefficient (Wildman–Crippen LogP) is 1.03. The number of urea groups is 1. The van der Waals surface area contributed by atoms with Gasteiger partial charge in [-0.1, -0.05) is 54.1 Å². The van der Waals surface area contributed by atoms with E-state index in [1.807, 2.05) is 24.3 Å². The van der Waals surface area contributed by atoms with Gasteiger partial charge in [-0.15, -0.1) is 0 Å². The molecular weight excluding hydrogens is 764 g/mol. The second-order valence-electron chi connectivity index (χ2n) is 14.6. The molecule has 0 bridgehead atoms. The highest BCUT2D eigenvalue weighted by Crippen LogP contribution is 2.23. The molecule has 18 heteroatoms. The number of hydrogen-bond acceptors (Lipinski definition) is 11. The minimum Gasteiger partial charge on any atom is -0.465 e. The molecule has 3 aliphatic rings. The number of carbonyl (C=O) groups is 8. The van der Waals surface area contributed by atoms with Gasteiger partial charge in [0.15, 0.2) is 0 Å². The minimum atomic E-state index is -1.05. The third-order valence-electron chi connectivity index (χ3n) is 9.57. The van der Waals surface area contributed by atoms with E-state index >= 15 is 0 Å². The molecular formula is C41H58N8O10. The number of nitrogens with one attached hydrogen (secondary N) is 3. The lowest BCUT2D eigenvalue weighted by molar-refractivity contribution is -0.156. The Labute approximate surface area is 345 Å². The molecule has 7 amide bonds. The van der Waals surface area contributed by atoms with Crippen LogP contribution in [0.2, 0.25) is 0 Å². The van der Waals surface area contributed by atoms with Gasteiger partial charge < -0.3 is 45.9 Å². The van der Waals surface area contributed by atoms with E-state index in [0.717, 1.165) is 0 Å². The summed E-state index contributed by atoms with van der Waals surface area (Å²) in [4.78, 5) is 105. The summed E-state index contributed by atoms with van der Waals surface area (Å²) in [6.45, 7) is 3.98. The maximum absolute atomic E-state index is 13.5. The van der Waals surface area contributed by atoms with E-state index in [4.69, 9.17) is 15.2 Å². The fourth-order valence-corrected chi connectivity index (χ4v) is 6.57. The van der Waals surface area contributed by atoms with Crippen molar-refractivity contribution >= 4 is 53.2 Å². The van der Waals surface area contributed by atoms with Gasteiger partial charge in [-0.2, -0.15) is 0 Å². The first-order valence-corrected chi connectivity index (χ1v) is 19.6. The molecule has 322 valence electrons. The molecule has 0 aliphatic carbocycles. The van der Waals surface area contributed by atoms with Crippen LogP contribution in [0.1, 0.15) is 51.0 Å². The summed E-state index contributed by atoms with van der Waals surface area (Å²) >= 11 is 0. The van der Waals surface area contributed by atoms with Crippen molar-refractivity contribution in [3.63, 3.8) is 0 Å². The number of cyclic esters (lactones) is 1. The lowest BCUT2D eigenvalue weighted by Gasteiger charge is -2.34. The number of aryl methyl sites for hydroxylation is 1. The zero-order chi connectivity index (χ0) is 43.5. The molecule has 3 heterocycles. The molecule has 5 N–H and O–H groups in total. The molecule has 3 aliphatic heterocycles.